The van der Waals surface area contributed by atoms with Crippen molar-refractivity contribution in [2.45, 2.75) is 32.2 Å². The minimum absolute atomic E-state index is 0. The van der Waals surface area contributed by atoms with Crippen LogP contribution in [0.4, 0.5) is 13.2 Å². The Balaban J connectivity index is 0.00000420. The van der Waals surface area contributed by atoms with Gasteiger partial charge in [-0.25, -0.2) is 4.99 Å². The van der Waals surface area contributed by atoms with Gasteiger partial charge in [-0.15, -0.1) is 24.0 Å². The Kier molecular flexibility index (Phi) is 10.1. The summed E-state index contributed by atoms with van der Waals surface area (Å²) in [6.45, 7) is 7.38. The van der Waals surface area contributed by atoms with E-state index < -0.39 is 17.5 Å². The van der Waals surface area contributed by atoms with Crippen LogP contribution in [0.15, 0.2) is 11.2 Å². The number of rotatable bonds is 7. The number of morpholine rings is 1. The van der Waals surface area contributed by atoms with Gasteiger partial charge in [0.1, 0.15) is 0 Å². The van der Waals surface area contributed by atoms with Crippen molar-refractivity contribution in [3.05, 3.63) is 17.5 Å². The van der Waals surface area contributed by atoms with Gasteiger partial charge < -0.3 is 20.5 Å². The molecule has 0 bridgehead atoms. The van der Waals surface area contributed by atoms with Crippen LogP contribution in [0.3, 0.4) is 0 Å². The van der Waals surface area contributed by atoms with Gasteiger partial charge >= 0.3 is 6.18 Å². The fourth-order valence-corrected chi connectivity index (χ4v) is 2.97. The quantitative estimate of drug-likeness (QED) is 0.277. The summed E-state index contributed by atoms with van der Waals surface area (Å²) in [6, 6.07) is 0. The zero-order valence-corrected chi connectivity index (χ0v) is 19.3. The number of aliphatic imine (C=N–C) groups is 1. The first kappa shape index (κ1) is 25.9. The van der Waals surface area contributed by atoms with Crippen LogP contribution in [0.25, 0.3) is 0 Å². The van der Waals surface area contributed by atoms with E-state index in [1.165, 1.54) is 13.2 Å². The van der Waals surface area contributed by atoms with Crippen molar-refractivity contribution < 1.29 is 23.0 Å². The number of nitrogens with zero attached hydrogens (tertiary/aromatic N) is 4. The van der Waals surface area contributed by atoms with Gasteiger partial charge in [-0.1, -0.05) is 0 Å². The summed E-state index contributed by atoms with van der Waals surface area (Å²) < 4.78 is 45.6. The van der Waals surface area contributed by atoms with E-state index >= 15 is 0 Å². The number of aromatic nitrogens is 2. The van der Waals surface area contributed by atoms with E-state index in [1.807, 2.05) is 6.92 Å². The van der Waals surface area contributed by atoms with E-state index in [-0.39, 0.29) is 42.6 Å². The summed E-state index contributed by atoms with van der Waals surface area (Å²) in [5, 5.41) is 20.1. The highest BCUT2D eigenvalue weighted by Crippen LogP contribution is 2.30. The van der Waals surface area contributed by atoms with Crippen LogP contribution in [-0.2, 0) is 24.5 Å². The lowest BCUT2D eigenvalue weighted by Crippen LogP contribution is -2.52. The Morgan fingerprint density at radius 3 is 2.55 bits per heavy atom. The summed E-state index contributed by atoms with van der Waals surface area (Å²) >= 11 is 0. The summed E-state index contributed by atoms with van der Waals surface area (Å²) in [5.74, 6) is 0.335. The first-order chi connectivity index (χ1) is 13.1. The molecule has 0 radical (unpaired) electrons. The molecule has 29 heavy (non-hydrogen) atoms. The van der Waals surface area contributed by atoms with Crippen LogP contribution < -0.4 is 10.6 Å². The fraction of sp³-hybridized carbons (Fsp3) is 0.765. The predicted molar refractivity (Wildman–Crippen MR) is 114 cm³/mol. The Morgan fingerprint density at radius 1 is 1.31 bits per heavy atom. The number of aryl methyl sites for hydroxylation is 1. The van der Waals surface area contributed by atoms with E-state index in [2.05, 4.69) is 25.6 Å². The largest absolute Gasteiger partial charge is 0.435 e. The van der Waals surface area contributed by atoms with Gasteiger partial charge in [0.05, 0.1) is 25.4 Å². The number of alkyl halides is 3. The van der Waals surface area contributed by atoms with E-state index in [9.17, 15) is 18.3 Å². The minimum Gasteiger partial charge on any atom is -0.387 e. The topological polar surface area (TPSA) is 86.9 Å². The van der Waals surface area contributed by atoms with Gasteiger partial charge in [0.2, 0.25) is 0 Å². The Morgan fingerprint density at radius 2 is 1.97 bits per heavy atom. The molecule has 1 fully saturated rings. The highest BCUT2D eigenvalue weighted by atomic mass is 127. The molecular weight excluding hydrogens is 504 g/mol. The molecule has 3 N–H and O–H groups in total. The minimum atomic E-state index is -4.53. The molecule has 168 valence electrons. The molecule has 1 aromatic rings. The normalized spacial score (nSPS) is 18.1. The van der Waals surface area contributed by atoms with E-state index in [0.29, 0.717) is 32.3 Å². The SMILES string of the molecule is CCNC(=NCc1cn(C)nc1C(F)(F)F)NCC(C)(O)CN1CCOCC1.I. The molecule has 1 saturated heterocycles. The third-order valence-electron chi connectivity index (χ3n) is 4.23. The van der Waals surface area contributed by atoms with Crippen LogP contribution >= 0.6 is 24.0 Å². The van der Waals surface area contributed by atoms with Crippen molar-refractivity contribution in [3.8, 4) is 0 Å². The number of nitrogens with one attached hydrogen (secondary N) is 2. The van der Waals surface area contributed by atoms with E-state index in [0.717, 1.165) is 17.8 Å². The van der Waals surface area contributed by atoms with Crippen LogP contribution in [0.2, 0.25) is 0 Å². The predicted octanol–water partition coefficient (Wildman–Crippen LogP) is 1.20. The maximum Gasteiger partial charge on any atom is 0.435 e. The van der Waals surface area contributed by atoms with Crippen molar-refractivity contribution in [1.29, 1.82) is 0 Å². The van der Waals surface area contributed by atoms with Crippen molar-refractivity contribution in [2.24, 2.45) is 12.0 Å². The highest BCUT2D eigenvalue weighted by molar-refractivity contribution is 14.0. The smallest absolute Gasteiger partial charge is 0.387 e. The van der Waals surface area contributed by atoms with Crippen LogP contribution in [0.1, 0.15) is 25.1 Å². The summed E-state index contributed by atoms with van der Waals surface area (Å²) in [6.07, 6.45) is -3.22. The second kappa shape index (κ2) is 11.3. The first-order valence-corrected chi connectivity index (χ1v) is 9.25. The maximum absolute atomic E-state index is 13.1. The van der Waals surface area contributed by atoms with Gasteiger partial charge in [0.15, 0.2) is 11.7 Å². The lowest BCUT2D eigenvalue weighted by Gasteiger charge is -2.34. The zero-order chi connectivity index (χ0) is 20.8. The summed E-state index contributed by atoms with van der Waals surface area (Å²) in [7, 11) is 1.44. The molecule has 2 heterocycles. The number of hydrogen-bond acceptors (Lipinski definition) is 5. The molecule has 2 rings (SSSR count). The molecule has 1 aliphatic rings. The lowest BCUT2D eigenvalue weighted by atomic mass is 10.1. The van der Waals surface area contributed by atoms with Gasteiger partial charge in [-0.05, 0) is 13.8 Å². The number of ether oxygens (including phenoxy) is 1. The average molecular weight is 534 g/mol. The monoisotopic (exact) mass is 534 g/mol. The number of hydrogen-bond donors (Lipinski definition) is 3. The average Bonchev–Trinajstić information content (AvgIpc) is 2.99. The molecule has 12 heteroatoms. The number of halogens is 4. The Hall–Kier alpha value is -1.12. The van der Waals surface area contributed by atoms with Gasteiger partial charge in [-0.3, -0.25) is 9.58 Å². The van der Waals surface area contributed by atoms with Crippen LogP contribution in [-0.4, -0.2) is 77.3 Å². The molecule has 1 aromatic heterocycles. The molecule has 8 nitrogen and oxygen atoms in total. The van der Waals surface area contributed by atoms with Crippen molar-refractivity contribution in [1.82, 2.24) is 25.3 Å². The second-order valence-corrected chi connectivity index (χ2v) is 7.11. The molecule has 0 aliphatic carbocycles. The molecule has 0 aromatic carbocycles. The zero-order valence-electron chi connectivity index (χ0n) is 16.9. The van der Waals surface area contributed by atoms with Crippen molar-refractivity contribution in [2.75, 3.05) is 45.9 Å². The third-order valence-corrected chi connectivity index (χ3v) is 4.23. The molecule has 1 unspecified atom stereocenters. The summed E-state index contributed by atoms with van der Waals surface area (Å²) in [4.78, 5) is 6.33. The second-order valence-electron chi connectivity index (χ2n) is 7.11. The molecule has 0 spiro atoms. The van der Waals surface area contributed by atoms with Gasteiger partial charge in [-0.2, -0.15) is 18.3 Å². The van der Waals surface area contributed by atoms with Gasteiger partial charge in [0.25, 0.3) is 0 Å². The fourth-order valence-electron chi connectivity index (χ4n) is 2.97. The number of guanidine groups is 1. The standard InChI is InChI=1S/C17H29F3N6O2.HI/c1-4-21-15(22-9-13-10-25(3)24-14(13)17(18,19)20)23-11-16(2,27)12-26-5-7-28-8-6-26;/h10,27H,4-9,11-12H2,1-3H3,(H2,21,22,23);1H. The van der Waals surface area contributed by atoms with Crippen molar-refractivity contribution in [3.63, 3.8) is 0 Å². The Labute approximate surface area is 185 Å². The lowest BCUT2D eigenvalue weighted by molar-refractivity contribution is -0.142. The maximum atomic E-state index is 13.1. The van der Waals surface area contributed by atoms with E-state index in [1.54, 1.807) is 6.92 Å². The Bertz CT molecular complexity index is 660. The van der Waals surface area contributed by atoms with E-state index in [4.69, 9.17) is 4.74 Å². The number of β-amino-alcohol motifs (C(OH)–C–C–N with tert-alkyl or cyclic N) is 1. The first-order valence-electron chi connectivity index (χ1n) is 9.25. The molecule has 0 amide bonds. The highest BCUT2D eigenvalue weighted by Gasteiger charge is 2.36. The number of aliphatic hydroxyl groups is 1. The molecular formula is C17H30F3IN6O2. The summed E-state index contributed by atoms with van der Waals surface area (Å²) in [5.41, 5.74) is -1.97. The van der Waals surface area contributed by atoms with Crippen LogP contribution in [0, 0.1) is 0 Å². The van der Waals surface area contributed by atoms with Crippen molar-refractivity contribution >= 4 is 29.9 Å². The molecule has 1 aliphatic heterocycles. The van der Waals surface area contributed by atoms with Gasteiger partial charge in [0, 0.05) is 51.5 Å². The van der Waals surface area contributed by atoms with Crippen LogP contribution in [0.5, 0.6) is 0 Å². The third kappa shape index (κ3) is 8.64. The molecule has 0 saturated carbocycles. The molecule has 1 atom stereocenters.